The van der Waals surface area contributed by atoms with Crippen molar-refractivity contribution in [1.29, 1.82) is 0 Å². The third-order valence-corrected chi connectivity index (χ3v) is 6.45. The Morgan fingerprint density at radius 1 is 1.24 bits per heavy atom. The zero-order chi connectivity index (χ0) is 15.9. The number of rotatable bonds is 10. The molecule has 1 rings (SSSR count). The van der Waals surface area contributed by atoms with Gasteiger partial charge in [-0.15, -0.1) is 11.3 Å². The minimum Gasteiger partial charge on any atom is -0.313 e. The molecule has 0 amide bonds. The summed E-state index contributed by atoms with van der Waals surface area (Å²) in [6, 6.07) is 1.78. The Balaban J connectivity index is 2.60. The molecule has 0 unspecified atom stereocenters. The summed E-state index contributed by atoms with van der Waals surface area (Å²) in [5.41, 5.74) is 1.04. The van der Waals surface area contributed by atoms with Crippen molar-refractivity contribution in [3.63, 3.8) is 0 Å². The second-order valence-corrected chi connectivity index (χ2v) is 8.62. The third-order valence-electron chi connectivity index (χ3n) is 3.13. The maximum Gasteiger partial charge on any atom is 0.252 e. The molecule has 1 aromatic heterocycles. The van der Waals surface area contributed by atoms with E-state index in [0.29, 0.717) is 10.8 Å². The highest BCUT2D eigenvalue weighted by Gasteiger charge is 2.22. The van der Waals surface area contributed by atoms with Crippen LogP contribution in [-0.2, 0) is 16.6 Å². The molecular weight excluding hydrogens is 306 g/mol. The first-order valence-electron chi connectivity index (χ1n) is 7.27. The van der Waals surface area contributed by atoms with Crippen LogP contribution in [0.3, 0.4) is 0 Å². The molecule has 0 fully saturated rings. The number of hydrogen-bond acceptors (Lipinski definition) is 5. The molecule has 1 N–H and O–H groups in total. The van der Waals surface area contributed by atoms with Crippen molar-refractivity contribution in [3.8, 4) is 0 Å². The first kappa shape index (κ1) is 18.6. The van der Waals surface area contributed by atoms with Crippen LogP contribution in [0.15, 0.2) is 15.7 Å². The molecule has 0 saturated heterocycles. The Morgan fingerprint density at radius 3 is 2.57 bits per heavy atom. The van der Waals surface area contributed by atoms with Gasteiger partial charge in [0.25, 0.3) is 10.0 Å². The minimum atomic E-state index is -3.34. The van der Waals surface area contributed by atoms with E-state index in [4.69, 9.17) is 0 Å². The Morgan fingerprint density at radius 2 is 1.95 bits per heavy atom. The van der Waals surface area contributed by atoms with Crippen molar-refractivity contribution >= 4 is 21.4 Å². The van der Waals surface area contributed by atoms with Gasteiger partial charge in [-0.25, -0.2) is 12.7 Å². The van der Waals surface area contributed by atoms with Crippen LogP contribution in [0.2, 0.25) is 0 Å². The fraction of sp³-hybridized carbons (Fsp3) is 0.714. The van der Waals surface area contributed by atoms with Gasteiger partial charge in [-0.05, 0) is 57.0 Å². The molecule has 1 aromatic rings. The van der Waals surface area contributed by atoms with E-state index in [-0.39, 0.29) is 0 Å². The molecule has 0 aromatic carbocycles. The first-order valence-corrected chi connectivity index (χ1v) is 9.59. The van der Waals surface area contributed by atoms with E-state index in [1.165, 1.54) is 15.6 Å². The Kier molecular flexibility index (Phi) is 7.83. The van der Waals surface area contributed by atoms with E-state index in [0.717, 1.165) is 38.0 Å². The number of hydrogen-bond donors (Lipinski definition) is 1. The molecule has 1 heterocycles. The zero-order valence-electron chi connectivity index (χ0n) is 13.4. The molecule has 0 atom stereocenters. The molecule has 122 valence electrons. The smallest absolute Gasteiger partial charge is 0.252 e. The van der Waals surface area contributed by atoms with Gasteiger partial charge in [0.2, 0.25) is 0 Å². The average Bonchev–Trinajstić information content (AvgIpc) is 2.88. The first-order chi connectivity index (χ1) is 9.87. The predicted molar refractivity (Wildman–Crippen MR) is 89.3 cm³/mol. The van der Waals surface area contributed by atoms with Crippen LogP contribution in [0, 0.1) is 0 Å². The standard InChI is InChI=1S/C14H27N3O2S2/c1-5-7-15-11-13-10-14(20-12-13)21(18,19)17(4)9-6-8-16(2)3/h10,12,15H,5-9,11H2,1-4H3. The van der Waals surface area contributed by atoms with Crippen LogP contribution < -0.4 is 5.32 Å². The Hall–Kier alpha value is -0.470. The maximum absolute atomic E-state index is 12.5. The largest absolute Gasteiger partial charge is 0.313 e. The summed E-state index contributed by atoms with van der Waals surface area (Å²) < 4.78 is 26.8. The highest BCUT2D eigenvalue weighted by Crippen LogP contribution is 2.23. The number of thiophene rings is 1. The minimum absolute atomic E-state index is 0.433. The molecule has 7 heteroatoms. The van der Waals surface area contributed by atoms with Crippen LogP contribution in [0.4, 0.5) is 0 Å². The zero-order valence-corrected chi connectivity index (χ0v) is 15.1. The van der Waals surface area contributed by atoms with Crippen molar-refractivity contribution in [2.75, 3.05) is 40.8 Å². The average molecular weight is 334 g/mol. The van der Waals surface area contributed by atoms with E-state index in [1.54, 1.807) is 13.1 Å². The lowest BCUT2D eigenvalue weighted by Crippen LogP contribution is -2.29. The Labute approximate surface area is 133 Å². The lowest BCUT2D eigenvalue weighted by molar-refractivity contribution is 0.370. The molecule has 0 spiro atoms. The summed E-state index contributed by atoms with van der Waals surface area (Å²) in [5.74, 6) is 0. The summed E-state index contributed by atoms with van der Waals surface area (Å²) in [6.07, 6.45) is 1.91. The lowest BCUT2D eigenvalue weighted by atomic mass is 10.3. The molecular formula is C14H27N3O2S2. The number of nitrogens with zero attached hydrogens (tertiary/aromatic N) is 2. The topological polar surface area (TPSA) is 52.7 Å². The highest BCUT2D eigenvalue weighted by molar-refractivity contribution is 7.91. The van der Waals surface area contributed by atoms with Gasteiger partial charge in [-0.3, -0.25) is 0 Å². The maximum atomic E-state index is 12.5. The summed E-state index contributed by atoms with van der Waals surface area (Å²) in [4.78, 5) is 2.06. The molecule has 0 aliphatic carbocycles. The van der Waals surface area contributed by atoms with Gasteiger partial charge < -0.3 is 10.2 Å². The van der Waals surface area contributed by atoms with E-state index in [9.17, 15) is 8.42 Å². The summed E-state index contributed by atoms with van der Waals surface area (Å²) in [6.45, 7) is 5.21. The van der Waals surface area contributed by atoms with Gasteiger partial charge in [-0.1, -0.05) is 6.92 Å². The quantitative estimate of drug-likeness (QED) is 0.664. The fourth-order valence-electron chi connectivity index (χ4n) is 1.87. The lowest BCUT2D eigenvalue weighted by Gasteiger charge is -2.17. The van der Waals surface area contributed by atoms with Gasteiger partial charge >= 0.3 is 0 Å². The van der Waals surface area contributed by atoms with Crippen molar-refractivity contribution in [2.24, 2.45) is 0 Å². The predicted octanol–water partition coefficient (Wildman–Crippen LogP) is 1.82. The van der Waals surface area contributed by atoms with E-state index in [1.807, 2.05) is 19.5 Å². The van der Waals surface area contributed by atoms with Gasteiger partial charge in [0, 0.05) is 20.1 Å². The van der Waals surface area contributed by atoms with E-state index >= 15 is 0 Å². The molecule has 0 aliphatic rings. The van der Waals surface area contributed by atoms with Crippen LogP contribution in [-0.4, -0.2) is 58.4 Å². The van der Waals surface area contributed by atoms with Crippen LogP contribution in [0.1, 0.15) is 25.3 Å². The normalized spacial score (nSPS) is 12.5. The van der Waals surface area contributed by atoms with Gasteiger partial charge in [-0.2, -0.15) is 0 Å². The third kappa shape index (κ3) is 6.04. The highest BCUT2D eigenvalue weighted by atomic mass is 32.2. The second kappa shape index (κ2) is 8.85. The summed E-state index contributed by atoms with van der Waals surface area (Å²) in [5, 5.41) is 5.20. The van der Waals surface area contributed by atoms with Crippen molar-refractivity contribution in [3.05, 3.63) is 17.0 Å². The summed E-state index contributed by atoms with van der Waals surface area (Å²) in [7, 11) is 2.29. The molecule has 0 radical (unpaired) electrons. The molecule has 5 nitrogen and oxygen atoms in total. The van der Waals surface area contributed by atoms with Crippen LogP contribution in [0.5, 0.6) is 0 Å². The molecule has 21 heavy (non-hydrogen) atoms. The van der Waals surface area contributed by atoms with Crippen molar-refractivity contribution in [1.82, 2.24) is 14.5 Å². The van der Waals surface area contributed by atoms with E-state index < -0.39 is 10.0 Å². The van der Waals surface area contributed by atoms with Gasteiger partial charge in [0.05, 0.1) is 0 Å². The molecule has 0 saturated carbocycles. The number of sulfonamides is 1. The molecule has 0 aliphatic heterocycles. The van der Waals surface area contributed by atoms with Crippen LogP contribution >= 0.6 is 11.3 Å². The van der Waals surface area contributed by atoms with Crippen LogP contribution in [0.25, 0.3) is 0 Å². The number of nitrogens with one attached hydrogen (secondary N) is 1. The van der Waals surface area contributed by atoms with Crippen molar-refractivity contribution < 1.29 is 8.42 Å². The second-order valence-electron chi connectivity index (χ2n) is 5.43. The molecule has 0 bridgehead atoms. The SMILES string of the molecule is CCCNCc1csc(S(=O)(=O)N(C)CCCN(C)C)c1. The van der Waals surface area contributed by atoms with Crippen molar-refractivity contribution in [2.45, 2.75) is 30.5 Å². The monoisotopic (exact) mass is 333 g/mol. The van der Waals surface area contributed by atoms with E-state index in [2.05, 4.69) is 17.1 Å². The Bertz CT molecular complexity index is 512. The summed E-state index contributed by atoms with van der Waals surface area (Å²) >= 11 is 1.30. The van der Waals surface area contributed by atoms with Gasteiger partial charge in [0.15, 0.2) is 0 Å². The van der Waals surface area contributed by atoms with Gasteiger partial charge in [0.1, 0.15) is 4.21 Å². The fourth-order valence-corrected chi connectivity index (χ4v) is 4.50.